The molecule has 0 aliphatic heterocycles. The highest BCUT2D eigenvalue weighted by Gasteiger charge is 2.13. The van der Waals surface area contributed by atoms with Crippen molar-refractivity contribution >= 4 is 17.2 Å². The van der Waals surface area contributed by atoms with Gasteiger partial charge in [-0.15, -0.1) is 11.3 Å². The van der Waals surface area contributed by atoms with Crippen molar-refractivity contribution in [3.63, 3.8) is 0 Å². The Morgan fingerprint density at radius 2 is 2.22 bits per heavy atom. The lowest BCUT2D eigenvalue weighted by atomic mass is 10.1. The molecule has 0 saturated heterocycles. The quantitative estimate of drug-likeness (QED) is 0.653. The molecule has 2 aromatic rings. The molecule has 94 valence electrons. The first-order chi connectivity index (χ1) is 8.61. The zero-order valence-corrected chi connectivity index (χ0v) is 11.5. The second-order valence-corrected chi connectivity index (χ2v) is 5.33. The van der Waals surface area contributed by atoms with E-state index in [2.05, 4.69) is 31.0 Å². The number of thiazole rings is 1. The summed E-state index contributed by atoms with van der Waals surface area (Å²) in [6.07, 6.45) is 1.88. The molecule has 0 amide bonds. The van der Waals surface area contributed by atoms with Crippen LogP contribution in [0.2, 0.25) is 0 Å². The zero-order chi connectivity index (χ0) is 13.1. The molecular weight excluding hydrogens is 242 g/mol. The normalized spacial score (nSPS) is 10.6. The lowest BCUT2D eigenvalue weighted by molar-refractivity contribution is 0.891. The smallest absolute Gasteiger partial charge is 0.135 e. The molecule has 0 aliphatic carbocycles. The Balaban J connectivity index is 2.46. The minimum Gasteiger partial charge on any atom is -0.383 e. The van der Waals surface area contributed by atoms with Gasteiger partial charge in [0.15, 0.2) is 0 Å². The average molecular weight is 259 g/mol. The van der Waals surface area contributed by atoms with Crippen molar-refractivity contribution in [3.8, 4) is 10.6 Å². The number of nitrogens with zero attached hydrogens (tertiary/aromatic N) is 1. The predicted molar refractivity (Wildman–Crippen MR) is 77.3 cm³/mol. The first-order valence-electron chi connectivity index (χ1n) is 6.03. The molecule has 0 saturated carbocycles. The molecule has 0 aliphatic rings. The van der Waals surface area contributed by atoms with Gasteiger partial charge in [-0.3, -0.25) is 5.41 Å². The summed E-state index contributed by atoms with van der Waals surface area (Å²) in [6.45, 7) is 4.17. The maximum absolute atomic E-state index is 7.62. The third-order valence-corrected chi connectivity index (χ3v) is 3.87. The summed E-state index contributed by atoms with van der Waals surface area (Å²) in [6, 6.07) is 8.25. The monoisotopic (exact) mass is 259 g/mol. The third-order valence-electron chi connectivity index (χ3n) is 2.69. The Labute approximate surface area is 111 Å². The number of hydrogen-bond donors (Lipinski definition) is 2. The molecule has 18 heavy (non-hydrogen) atoms. The van der Waals surface area contributed by atoms with Crippen LogP contribution in [0.25, 0.3) is 10.6 Å². The van der Waals surface area contributed by atoms with Crippen LogP contribution < -0.4 is 5.73 Å². The van der Waals surface area contributed by atoms with E-state index in [-0.39, 0.29) is 5.84 Å². The van der Waals surface area contributed by atoms with E-state index in [1.807, 2.05) is 12.1 Å². The molecule has 0 spiro atoms. The molecule has 2 rings (SSSR count). The average Bonchev–Trinajstić information content (AvgIpc) is 2.74. The Morgan fingerprint density at radius 3 is 2.83 bits per heavy atom. The van der Waals surface area contributed by atoms with E-state index in [0.717, 1.165) is 34.0 Å². The van der Waals surface area contributed by atoms with Crippen LogP contribution in [0.15, 0.2) is 24.3 Å². The van der Waals surface area contributed by atoms with Gasteiger partial charge in [0, 0.05) is 5.56 Å². The van der Waals surface area contributed by atoms with Gasteiger partial charge in [-0.05, 0) is 19.4 Å². The first kappa shape index (κ1) is 12.8. The van der Waals surface area contributed by atoms with Crippen LogP contribution in [0.3, 0.4) is 0 Å². The Hall–Kier alpha value is -1.68. The molecule has 0 fully saturated rings. The number of aryl methyl sites for hydroxylation is 2. The zero-order valence-electron chi connectivity index (χ0n) is 10.7. The second-order valence-electron chi connectivity index (χ2n) is 4.33. The van der Waals surface area contributed by atoms with Gasteiger partial charge < -0.3 is 5.73 Å². The van der Waals surface area contributed by atoms with Crippen molar-refractivity contribution in [1.82, 2.24) is 4.98 Å². The Morgan fingerprint density at radius 1 is 1.44 bits per heavy atom. The second kappa shape index (κ2) is 5.31. The molecule has 0 radical (unpaired) electrons. The predicted octanol–water partition coefficient (Wildman–Crippen LogP) is 3.36. The van der Waals surface area contributed by atoms with Crippen LogP contribution in [0.5, 0.6) is 0 Å². The van der Waals surface area contributed by atoms with E-state index in [1.54, 1.807) is 0 Å². The number of amidine groups is 1. The number of nitrogens with two attached hydrogens (primary N) is 1. The molecule has 1 heterocycles. The number of nitrogen functional groups attached to an aromatic ring is 1. The van der Waals surface area contributed by atoms with E-state index in [0.29, 0.717) is 0 Å². The topological polar surface area (TPSA) is 62.8 Å². The van der Waals surface area contributed by atoms with Gasteiger partial charge in [0.1, 0.15) is 10.8 Å². The van der Waals surface area contributed by atoms with Gasteiger partial charge in [-0.2, -0.15) is 0 Å². The molecule has 4 heteroatoms. The van der Waals surface area contributed by atoms with Crippen LogP contribution in [0.1, 0.15) is 29.5 Å². The van der Waals surface area contributed by atoms with E-state index in [9.17, 15) is 0 Å². The van der Waals surface area contributed by atoms with Crippen LogP contribution in [-0.2, 0) is 6.42 Å². The van der Waals surface area contributed by atoms with Crippen molar-refractivity contribution in [2.75, 3.05) is 0 Å². The van der Waals surface area contributed by atoms with Crippen LogP contribution in [0.4, 0.5) is 0 Å². The fourth-order valence-electron chi connectivity index (χ4n) is 1.87. The van der Waals surface area contributed by atoms with Crippen LogP contribution in [-0.4, -0.2) is 10.8 Å². The molecule has 3 nitrogen and oxygen atoms in total. The lowest BCUT2D eigenvalue weighted by Gasteiger charge is -1.97. The molecule has 0 bridgehead atoms. The summed E-state index contributed by atoms with van der Waals surface area (Å²) >= 11 is 1.51. The minimum atomic E-state index is 0.120. The summed E-state index contributed by atoms with van der Waals surface area (Å²) in [5.41, 5.74) is 8.88. The van der Waals surface area contributed by atoms with Crippen molar-refractivity contribution in [2.24, 2.45) is 5.73 Å². The number of nitrogens with one attached hydrogen (secondary N) is 1. The van der Waals surface area contributed by atoms with Gasteiger partial charge >= 0.3 is 0 Å². The van der Waals surface area contributed by atoms with Crippen molar-refractivity contribution in [2.45, 2.75) is 26.7 Å². The van der Waals surface area contributed by atoms with Gasteiger partial charge in [0.2, 0.25) is 0 Å². The van der Waals surface area contributed by atoms with E-state index >= 15 is 0 Å². The third kappa shape index (κ3) is 2.59. The summed E-state index contributed by atoms with van der Waals surface area (Å²) in [4.78, 5) is 5.44. The van der Waals surface area contributed by atoms with E-state index in [4.69, 9.17) is 11.1 Å². The number of hydrogen-bond acceptors (Lipinski definition) is 3. The molecule has 1 aromatic heterocycles. The summed E-state index contributed by atoms with van der Waals surface area (Å²) < 4.78 is 0. The van der Waals surface area contributed by atoms with Crippen molar-refractivity contribution in [3.05, 3.63) is 40.4 Å². The molecule has 1 aromatic carbocycles. The Kier molecular flexibility index (Phi) is 3.77. The van der Waals surface area contributed by atoms with Gasteiger partial charge in [0.25, 0.3) is 0 Å². The lowest BCUT2D eigenvalue weighted by Crippen LogP contribution is -2.11. The largest absolute Gasteiger partial charge is 0.383 e. The maximum Gasteiger partial charge on any atom is 0.135 e. The van der Waals surface area contributed by atoms with Crippen molar-refractivity contribution in [1.29, 1.82) is 5.41 Å². The molecular formula is C14H17N3S. The highest BCUT2D eigenvalue weighted by molar-refractivity contribution is 7.17. The highest BCUT2D eigenvalue weighted by atomic mass is 32.1. The Bertz CT molecular complexity index is 572. The number of aromatic nitrogens is 1. The van der Waals surface area contributed by atoms with Crippen LogP contribution in [0, 0.1) is 12.3 Å². The summed E-state index contributed by atoms with van der Waals surface area (Å²) in [7, 11) is 0. The summed E-state index contributed by atoms with van der Waals surface area (Å²) in [5, 5.41) is 8.57. The number of rotatable bonds is 4. The highest BCUT2D eigenvalue weighted by Crippen LogP contribution is 2.29. The van der Waals surface area contributed by atoms with Crippen molar-refractivity contribution < 1.29 is 0 Å². The maximum atomic E-state index is 7.62. The van der Waals surface area contributed by atoms with Crippen LogP contribution >= 0.6 is 11.3 Å². The SMILES string of the molecule is CCCc1nc(-c2cccc(C)c2)sc1C(=N)N. The molecule has 0 unspecified atom stereocenters. The van der Waals surface area contributed by atoms with E-state index in [1.165, 1.54) is 16.9 Å². The minimum absolute atomic E-state index is 0.120. The van der Waals surface area contributed by atoms with E-state index < -0.39 is 0 Å². The van der Waals surface area contributed by atoms with Gasteiger partial charge in [-0.1, -0.05) is 37.1 Å². The van der Waals surface area contributed by atoms with Gasteiger partial charge in [0.05, 0.1) is 10.6 Å². The molecule has 0 atom stereocenters. The summed E-state index contributed by atoms with van der Waals surface area (Å²) in [5.74, 6) is 0.120. The standard InChI is InChI=1S/C14H17N3S/c1-3-5-11-12(13(15)16)18-14(17-11)10-7-4-6-9(2)8-10/h4,6-8H,3,5H2,1-2H3,(H3,15,16). The molecule has 3 N–H and O–H groups in total. The fourth-order valence-corrected chi connectivity index (χ4v) is 2.84. The van der Waals surface area contributed by atoms with Gasteiger partial charge in [-0.25, -0.2) is 4.98 Å². The first-order valence-corrected chi connectivity index (χ1v) is 6.84. The fraction of sp³-hybridized carbons (Fsp3) is 0.286. The number of benzene rings is 1.